The molecule has 0 aromatic heterocycles. The van der Waals surface area contributed by atoms with E-state index in [2.05, 4.69) is 11.8 Å². The second kappa shape index (κ2) is 6.35. The number of hydrogen-bond acceptors (Lipinski definition) is 3. The summed E-state index contributed by atoms with van der Waals surface area (Å²) in [7, 11) is 1.70. The van der Waals surface area contributed by atoms with Crippen LogP contribution in [0.5, 0.6) is 0 Å². The number of hydrogen-bond donors (Lipinski definition) is 0. The molecule has 0 unspecified atom stereocenters. The molecule has 0 N–H and O–H groups in total. The van der Waals surface area contributed by atoms with E-state index in [1.165, 1.54) is 25.9 Å². The first kappa shape index (κ1) is 11.0. The molecule has 0 amide bonds. The van der Waals surface area contributed by atoms with Crippen LogP contribution in [-0.2, 0) is 9.47 Å². The largest absolute Gasteiger partial charge is 0.382 e. The van der Waals surface area contributed by atoms with E-state index in [0.29, 0.717) is 13.2 Å². The average molecular weight is 187 g/mol. The van der Waals surface area contributed by atoms with Gasteiger partial charge >= 0.3 is 0 Å². The number of piperidine rings is 1. The molecule has 0 atom stereocenters. The SMILES string of the molecule is COCCOCN1CCC(C)CC1. The monoisotopic (exact) mass is 187 g/mol. The molecule has 0 bridgehead atoms. The molecule has 0 aliphatic carbocycles. The van der Waals surface area contributed by atoms with Crippen molar-refractivity contribution in [2.75, 3.05) is 40.1 Å². The maximum Gasteiger partial charge on any atom is 0.0991 e. The number of rotatable bonds is 5. The Morgan fingerprint density at radius 1 is 1.23 bits per heavy atom. The van der Waals surface area contributed by atoms with Gasteiger partial charge in [0.2, 0.25) is 0 Å². The highest BCUT2D eigenvalue weighted by molar-refractivity contribution is 4.66. The number of ether oxygens (including phenoxy) is 2. The van der Waals surface area contributed by atoms with Crippen LogP contribution < -0.4 is 0 Å². The fraction of sp³-hybridized carbons (Fsp3) is 1.00. The summed E-state index contributed by atoms with van der Waals surface area (Å²) in [5, 5.41) is 0. The minimum atomic E-state index is 0.699. The maximum absolute atomic E-state index is 5.45. The molecule has 0 aromatic carbocycles. The average Bonchev–Trinajstić information content (AvgIpc) is 2.15. The van der Waals surface area contributed by atoms with Crippen molar-refractivity contribution in [2.24, 2.45) is 5.92 Å². The fourth-order valence-electron chi connectivity index (χ4n) is 1.53. The van der Waals surface area contributed by atoms with Gasteiger partial charge in [-0.1, -0.05) is 6.92 Å². The van der Waals surface area contributed by atoms with Crippen LogP contribution in [0.15, 0.2) is 0 Å². The smallest absolute Gasteiger partial charge is 0.0991 e. The van der Waals surface area contributed by atoms with Gasteiger partial charge in [-0.05, 0) is 18.8 Å². The molecular formula is C10H21NO2. The topological polar surface area (TPSA) is 21.7 Å². The van der Waals surface area contributed by atoms with Crippen LogP contribution in [0.4, 0.5) is 0 Å². The van der Waals surface area contributed by atoms with E-state index in [0.717, 1.165) is 12.6 Å². The van der Waals surface area contributed by atoms with Gasteiger partial charge in [0.25, 0.3) is 0 Å². The molecule has 0 radical (unpaired) electrons. The summed E-state index contributed by atoms with van der Waals surface area (Å²) in [6.07, 6.45) is 2.63. The Hall–Kier alpha value is -0.120. The Morgan fingerprint density at radius 2 is 1.92 bits per heavy atom. The normalized spacial score (nSPS) is 20.8. The van der Waals surface area contributed by atoms with Crippen molar-refractivity contribution in [3.8, 4) is 0 Å². The Labute approximate surface area is 81.0 Å². The van der Waals surface area contributed by atoms with Gasteiger partial charge in [-0.25, -0.2) is 0 Å². The molecular weight excluding hydrogens is 166 g/mol. The predicted molar refractivity (Wildman–Crippen MR) is 52.7 cm³/mol. The lowest BCUT2D eigenvalue weighted by atomic mass is 10.00. The summed E-state index contributed by atoms with van der Waals surface area (Å²) in [5.41, 5.74) is 0. The van der Waals surface area contributed by atoms with E-state index in [4.69, 9.17) is 9.47 Å². The van der Waals surface area contributed by atoms with Crippen LogP contribution in [0.25, 0.3) is 0 Å². The van der Waals surface area contributed by atoms with Crippen molar-refractivity contribution in [1.29, 1.82) is 0 Å². The molecule has 3 nitrogen and oxygen atoms in total. The molecule has 1 saturated heterocycles. The van der Waals surface area contributed by atoms with Crippen LogP contribution >= 0.6 is 0 Å². The molecule has 1 rings (SSSR count). The van der Waals surface area contributed by atoms with Gasteiger partial charge in [-0.2, -0.15) is 0 Å². The molecule has 1 heterocycles. The maximum atomic E-state index is 5.45. The first-order chi connectivity index (χ1) is 6.33. The highest BCUT2D eigenvalue weighted by Crippen LogP contribution is 2.15. The molecule has 1 aliphatic rings. The third kappa shape index (κ3) is 4.60. The van der Waals surface area contributed by atoms with Crippen molar-refractivity contribution in [1.82, 2.24) is 4.90 Å². The van der Waals surface area contributed by atoms with Crippen LogP contribution in [0.2, 0.25) is 0 Å². The van der Waals surface area contributed by atoms with Crippen LogP contribution in [0.1, 0.15) is 19.8 Å². The van der Waals surface area contributed by atoms with E-state index in [1.54, 1.807) is 7.11 Å². The Kier molecular flexibility index (Phi) is 5.35. The minimum absolute atomic E-state index is 0.699. The second-order valence-electron chi connectivity index (χ2n) is 3.83. The third-order valence-corrected chi connectivity index (χ3v) is 2.58. The molecule has 13 heavy (non-hydrogen) atoms. The van der Waals surface area contributed by atoms with Crippen LogP contribution in [-0.4, -0.2) is 45.0 Å². The summed E-state index contributed by atoms with van der Waals surface area (Å²) in [5.74, 6) is 0.898. The third-order valence-electron chi connectivity index (χ3n) is 2.58. The van der Waals surface area contributed by atoms with E-state index in [9.17, 15) is 0 Å². The van der Waals surface area contributed by atoms with Gasteiger partial charge in [0.15, 0.2) is 0 Å². The lowest BCUT2D eigenvalue weighted by molar-refractivity contribution is -0.00831. The van der Waals surface area contributed by atoms with E-state index >= 15 is 0 Å². The van der Waals surface area contributed by atoms with E-state index < -0.39 is 0 Å². The van der Waals surface area contributed by atoms with Crippen LogP contribution in [0, 0.1) is 5.92 Å². The van der Waals surface area contributed by atoms with E-state index in [1.807, 2.05) is 0 Å². The highest BCUT2D eigenvalue weighted by Gasteiger charge is 2.14. The molecule has 1 aliphatic heterocycles. The Balaban J connectivity index is 1.96. The quantitative estimate of drug-likeness (QED) is 0.606. The molecule has 0 aromatic rings. The van der Waals surface area contributed by atoms with Crippen molar-refractivity contribution < 1.29 is 9.47 Å². The fourth-order valence-corrected chi connectivity index (χ4v) is 1.53. The first-order valence-corrected chi connectivity index (χ1v) is 5.12. The minimum Gasteiger partial charge on any atom is -0.382 e. The van der Waals surface area contributed by atoms with Crippen molar-refractivity contribution in [3.63, 3.8) is 0 Å². The van der Waals surface area contributed by atoms with Gasteiger partial charge < -0.3 is 9.47 Å². The second-order valence-corrected chi connectivity index (χ2v) is 3.83. The Morgan fingerprint density at radius 3 is 2.54 bits per heavy atom. The zero-order valence-corrected chi connectivity index (χ0v) is 8.79. The molecule has 3 heteroatoms. The zero-order chi connectivity index (χ0) is 9.52. The molecule has 0 spiro atoms. The van der Waals surface area contributed by atoms with Gasteiger partial charge in [-0.15, -0.1) is 0 Å². The first-order valence-electron chi connectivity index (χ1n) is 5.12. The highest BCUT2D eigenvalue weighted by atomic mass is 16.5. The predicted octanol–water partition coefficient (Wildman–Crippen LogP) is 1.34. The van der Waals surface area contributed by atoms with Crippen molar-refractivity contribution in [2.45, 2.75) is 19.8 Å². The standard InChI is InChI=1S/C10H21NO2/c1-10-3-5-11(6-4-10)9-13-8-7-12-2/h10H,3-9H2,1-2H3. The summed E-state index contributed by atoms with van der Waals surface area (Å²) < 4.78 is 10.4. The number of nitrogens with zero attached hydrogens (tertiary/aromatic N) is 1. The van der Waals surface area contributed by atoms with Gasteiger partial charge in [0, 0.05) is 20.2 Å². The van der Waals surface area contributed by atoms with Crippen molar-refractivity contribution in [3.05, 3.63) is 0 Å². The van der Waals surface area contributed by atoms with Gasteiger partial charge in [0.1, 0.15) is 0 Å². The van der Waals surface area contributed by atoms with Crippen molar-refractivity contribution >= 4 is 0 Å². The molecule has 78 valence electrons. The summed E-state index contributed by atoms with van der Waals surface area (Å²) >= 11 is 0. The lowest BCUT2D eigenvalue weighted by Gasteiger charge is -2.29. The lowest BCUT2D eigenvalue weighted by Crippen LogP contribution is -2.34. The van der Waals surface area contributed by atoms with Crippen LogP contribution in [0.3, 0.4) is 0 Å². The van der Waals surface area contributed by atoms with Gasteiger partial charge in [-0.3, -0.25) is 4.90 Å². The summed E-state index contributed by atoms with van der Waals surface area (Å²) in [4.78, 5) is 2.37. The zero-order valence-electron chi connectivity index (χ0n) is 8.79. The summed E-state index contributed by atoms with van der Waals surface area (Å²) in [6, 6.07) is 0. The molecule has 1 fully saturated rings. The molecule has 0 saturated carbocycles. The number of methoxy groups -OCH3 is 1. The summed E-state index contributed by atoms with van der Waals surface area (Å²) in [6.45, 7) is 6.88. The van der Waals surface area contributed by atoms with Gasteiger partial charge in [0.05, 0.1) is 19.9 Å². The number of likely N-dealkylation sites (tertiary alicyclic amines) is 1. The Bertz CT molecular complexity index is 122. The van der Waals surface area contributed by atoms with E-state index in [-0.39, 0.29) is 0 Å².